The third kappa shape index (κ3) is 5.91. The molecule has 1 aliphatic heterocycles. The van der Waals surface area contributed by atoms with Gasteiger partial charge in [0.25, 0.3) is 0 Å². The average molecular weight is 270 g/mol. The van der Waals surface area contributed by atoms with Crippen LogP contribution in [0.25, 0.3) is 0 Å². The fourth-order valence-electron chi connectivity index (χ4n) is 2.70. The molecule has 1 amide bonds. The van der Waals surface area contributed by atoms with Crippen LogP contribution in [-0.2, 0) is 9.53 Å². The van der Waals surface area contributed by atoms with Gasteiger partial charge in [-0.25, -0.2) is 0 Å². The highest BCUT2D eigenvalue weighted by Crippen LogP contribution is 2.27. The van der Waals surface area contributed by atoms with Crippen LogP contribution < -0.4 is 5.73 Å². The Labute approximate surface area is 117 Å². The molecule has 0 aromatic rings. The molecular weight excluding hydrogens is 240 g/mol. The standard InChI is InChI=1S/C15H30N2O2/c1-15(2,8-9-16)7-4-14(18)17-10-5-13(6-11-17)12-19-3/h13H,4-12,16H2,1-3H3. The van der Waals surface area contributed by atoms with Crippen molar-refractivity contribution in [2.24, 2.45) is 17.1 Å². The molecule has 4 heteroatoms. The number of nitrogens with zero attached hydrogens (tertiary/aromatic N) is 1. The molecule has 0 bridgehead atoms. The zero-order valence-electron chi connectivity index (χ0n) is 12.8. The molecule has 0 unspecified atom stereocenters. The van der Waals surface area contributed by atoms with E-state index in [-0.39, 0.29) is 5.41 Å². The summed E-state index contributed by atoms with van der Waals surface area (Å²) < 4.78 is 5.18. The highest BCUT2D eigenvalue weighted by Gasteiger charge is 2.24. The minimum Gasteiger partial charge on any atom is -0.384 e. The lowest BCUT2D eigenvalue weighted by molar-refractivity contribution is -0.133. The van der Waals surface area contributed by atoms with Crippen LogP contribution in [0.4, 0.5) is 0 Å². The number of hydrogen-bond acceptors (Lipinski definition) is 3. The van der Waals surface area contributed by atoms with Crippen molar-refractivity contribution in [2.75, 3.05) is 33.4 Å². The second-order valence-corrected chi connectivity index (χ2v) is 6.48. The number of carbonyl (C=O) groups excluding carboxylic acids is 1. The molecule has 4 nitrogen and oxygen atoms in total. The van der Waals surface area contributed by atoms with Crippen LogP contribution in [0.1, 0.15) is 46.0 Å². The summed E-state index contributed by atoms with van der Waals surface area (Å²) >= 11 is 0. The molecule has 0 radical (unpaired) electrons. The molecule has 0 atom stereocenters. The summed E-state index contributed by atoms with van der Waals surface area (Å²) in [6.45, 7) is 7.69. The molecule has 19 heavy (non-hydrogen) atoms. The predicted octanol–water partition coefficient (Wildman–Crippen LogP) is 2.03. The summed E-state index contributed by atoms with van der Waals surface area (Å²) in [6.07, 6.45) is 4.72. The van der Waals surface area contributed by atoms with Gasteiger partial charge in [-0.05, 0) is 43.6 Å². The number of likely N-dealkylation sites (tertiary alicyclic amines) is 1. The lowest BCUT2D eigenvalue weighted by Gasteiger charge is -2.32. The van der Waals surface area contributed by atoms with Crippen LogP contribution in [0, 0.1) is 11.3 Å². The Balaban J connectivity index is 2.28. The van der Waals surface area contributed by atoms with Gasteiger partial charge in [0.1, 0.15) is 0 Å². The van der Waals surface area contributed by atoms with Crippen molar-refractivity contribution in [1.29, 1.82) is 0 Å². The van der Waals surface area contributed by atoms with Gasteiger partial charge >= 0.3 is 0 Å². The average Bonchev–Trinajstić information content (AvgIpc) is 2.37. The summed E-state index contributed by atoms with van der Waals surface area (Å²) in [5.74, 6) is 0.934. The maximum Gasteiger partial charge on any atom is 0.222 e. The van der Waals surface area contributed by atoms with Crippen LogP contribution in [0.3, 0.4) is 0 Å². The molecule has 112 valence electrons. The predicted molar refractivity (Wildman–Crippen MR) is 77.9 cm³/mol. The minimum absolute atomic E-state index is 0.179. The summed E-state index contributed by atoms with van der Waals surface area (Å²) in [4.78, 5) is 14.2. The number of methoxy groups -OCH3 is 1. The molecule has 0 aromatic carbocycles. The molecule has 0 aliphatic carbocycles. The van der Waals surface area contributed by atoms with E-state index in [0.29, 0.717) is 24.8 Å². The van der Waals surface area contributed by atoms with Crippen LogP contribution in [0.2, 0.25) is 0 Å². The van der Waals surface area contributed by atoms with Gasteiger partial charge in [-0.2, -0.15) is 0 Å². The van der Waals surface area contributed by atoms with Crippen molar-refractivity contribution in [3.63, 3.8) is 0 Å². The Morgan fingerprint density at radius 3 is 2.47 bits per heavy atom. The third-order valence-electron chi connectivity index (χ3n) is 4.21. The Morgan fingerprint density at radius 2 is 1.95 bits per heavy atom. The summed E-state index contributed by atoms with van der Waals surface area (Å²) in [7, 11) is 1.75. The molecule has 2 N–H and O–H groups in total. The van der Waals surface area contributed by atoms with Crippen LogP contribution in [-0.4, -0.2) is 44.2 Å². The normalized spacial score (nSPS) is 17.8. The number of piperidine rings is 1. The van der Waals surface area contributed by atoms with E-state index in [1.54, 1.807) is 7.11 Å². The van der Waals surface area contributed by atoms with E-state index in [1.165, 1.54) is 0 Å². The zero-order chi connectivity index (χ0) is 14.3. The molecule has 1 saturated heterocycles. The van der Waals surface area contributed by atoms with E-state index in [1.807, 2.05) is 4.90 Å². The van der Waals surface area contributed by atoms with Crippen LogP contribution in [0.5, 0.6) is 0 Å². The highest BCUT2D eigenvalue weighted by atomic mass is 16.5. The van der Waals surface area contributed by atoms with Gasteiger partial charge in [-0.1, -0.05) is 13.8 Å². The van der Waals surface area contributed by atoms with Gasteiger partial charge in [0.05, 0.1) is 0 Å². The first-order valence-electron chi connectivity index (χ1n) is 7.45. The van der Waals surface area contributed by atoms with E-state index in [2.05, 4.69) is 13.8 Å². The number of nitrogens with two attached hydrogens (primary N) is 1. The number of carbonyl (C=O) groups is 1. The molecule has 0 aromatic heterocycles. The summed E-state index contributed by atoms with van der Waals surface area (Å²) in [5.41, 5.74) is 5.78. The first kappa shape index (κ1) is 16.4. The van der Waals surface area contributed by atoms with Crippen LogP contribution >= 0.6 is 0 Å². The van der Waals surface area contributed by atoms with Crippen molar-refractivity contribution in [2.45, 2.75) is 46.0 Å². The minimum atomic E-state index is 0.179. The summed E-state index contributed by atoms with van der Waals surface area (Å²) in [6, 6.07) is 0. The van der Waals surface area contributed by atoms with Gasteiger partial charge in [0.15, 0.2) is 0 Å². The van der Waals surface area contributed by atoms with Crippen molar-refractivity contribution >= 4 is 5.91 Å². The van der Waals surface area contributed by atoms with E-state index >= 15 is 0 Å². The zero-order valence-corrected chi connectivity index (χ0v) is 12.8. The van der Waals surface area contributed by atoms with Crippen LogP contribution in [0.15, 0.2) is 0 Å². The molecule has 0 saturated carbocycles. The summed E-state index contributed by atoms with van der Waals surface area (Å²) in [5, 5.41) is 0. The van der Waals surface area contributed by atoms with Gasteiger partial charge < -0.3 is 15.4 Å². The fourth-order valence-corrected chi connectivity index (χ4v) is 2.70. The van der Waals surface area contributed by atoms with Crippen molar-refractivity contribution in [3.05, 3.63) is 0 Å². The Bertz CT molecular complexity index is 271. The van der Waals surface area contributed by atoms with Gasteiger partial charge in [-0.15, -0.1) is 0 Å². The largest absolute Gasteiger partial charge is 0.384 e. The lowest BCUT2D eigenvalue weighted by atomic mass is 9.84. The van der Waals surface area contributed by atoms with Gasteiger partial charge in [-0.3, -0.25) is 4.79 Å². The first-order valence-corrected chi connectivity index (χ1v) is 7.45. The van der Waals surface area contributed by atoms with Crippen molar-refractivity contribution in [3.8, 4) is 0 Å². The monoisotopic (exact) mass is 270 g/mol. The number of ether oxygens (including phenoxy) is 1. The van der Waals surface area contributed by atoms with E-state index in [9.17, 15) is 4.79 Å². The number of amides is 1. The van der Waals surface area contributed by atoms with E-state index < -0.39 is 0 Å². The van der Waals surface area contributed by atoms with Crippen molar-refractivity contribution < 1.29 is 9.53 Å². The number of hydrogen-bond donors (Lipinski definition) is 1. The Kier molecular flexibility index (Phi) is 6.80. The molecular formula is C15H30N2O2. The smallest absolute Gasteiger partial charge is 0.222 e. The lowest BCUT2D eigenvalue weighted by Crippen LogP contribution is -2.39. The SMILES string of the molecule is COCC1CCN(C(=O)CCC(C)(C)CCN)CC1. The highest BCUT2D eigenvalue weighted by molar-refractivity contribution is 5.76. The number of rotatable bonds is 7. The van der Waals surface area contributed by atoms with Crippen molar-refractivity contribution in [1.82, 2.24) is 4.90 Å². The second-order valence-electron chi connectivity index (χ2n) is 6.48. The fraction of sp³-hybridized carbons (Fsp3) is 0.933. The quantitative estimate of drug-likeness (QED) is 0.770. The van der Waals surface area contributed by atoms with E-state index in [0.717, 1.165) is 45.4 Å². The Morgan fingerprint density at radius 1 is 1.32 bits per heavy atom. The first-order chi connectivity index (χ1) is 8.98. The molecule has 1 fully saturated rings. The molecule has 1 rings (SSSR count). The second kappa shape index (κ2) is 7.85. The third-order valence-corrected chi connectivity index (χ3v) is 4.21. The molecule has 1 heterocycles. The molecule has 1 aliphatic rings. The van der Waals surface area contributed by atoms with Gasteiger partial charge in [0, 0.05) is 33.2 Å². The topological polar surface area (TPSA) is 55.6 Å². The maximum atomic E-state index is 12.2. The molecule has 0 spiro atoms. The maximum absolute atomic E-state index is 12.2. The Hall–Kier alpha value is -0.610. The van der Waals surface area contributed by atoms with E-state index in [4.69, 9.17) is 10.5 Å². The van der Waals surface area contributed by atoms with Gasteiger partial charge in [0.2, 0.25) is 5.91 Å².